The summed E-state index contributed by atoms with van der Waals surface area (Å²) in [7, 11) is 2.00. The van der Waals surface area contributed by atoms with Gasteiger partial charge in [0.1, 0.15) is 11.4 Å². The Bertz CT molecular complexity index is 3220. The van der Waals surface area contributed by atoms with Crippen molar-refractivity contribution >= 4 is 0 Å². The third kappa shape index (κ3) is 30.9. The molecule has 0 saturated carbocycles. The van der Waals surface area contributed by atoms with Crippen LogP contribution in [0.4, 0.5) is 0 Å². The molecule has 0 saturated heterocycles. The van der Waals surface area contributed by atoms with E-state index < -0.39 is 20.3 Å². The Morgan fingerprint density at radius 1 is 0.301 bits per heavy atom. The Morgan fingerprint density at radius 2 is 0.495 bits per heavy atom. The third-order valence-corrected chi connectivity index (χ3v) is 12.5. The van der Waals surface area contributed by atoms with Crippen LogP contribution in [-0.2, 0) is 54.5 Å². The molecule has 36 nitrogen and oxygen atoms in total. The number of pyridine rings is 6. The Labute approximate surface area is 603 Å². The first-order valence-corrected chi connectivity index (χ1v) is 25.0. The number of fused-ring (bicyclic) bond motifs is 2. The van der Waals surface area contributed by atoms with E-state index in [0.717, 1.165) is 108 Å². The van der Waals surface area contributed by atoms with Crippen molar-refractivity contribution < 1.29 is 157 Å². The maximum Gasteiger partial charge on any atom is 0.200 e. The van der Waals surface area contributed by atoms with Crippen LogP contribution in [0.3, 0.4) is 0 Å². The zero-order valence-electron chi connectivity index (χ0n) is 51.3. The largest absolute Gasteiger partial charge is 2.00 e. The van der Waals surface area contributed by atoms with Crippen molar-refractivity contribution in [3.8, 4) is 68.6 Å². The van der Waals surface area contributed by atoms with E-state index in [2.05, 4.69) is 85.8 Å². The molecule has 504 valence electrons. The predicted octanol–water partition coefficient (Wildman–Crippen LogP) is 8.36. The first kappa shape index (κ1) is 99.1. The van der Waals surface area contributed by atoms with Gasteiger partial charge in [0.05, 0.1) is 88.7 Å². The van der Waals surface area contributed by atoms with Gasteiger partial charge in [-0.1, -0.05) is 91.8 Å². The van der Waals surface area contributed by atoms with Crippen LogP contribution in [0.25, 0.3) is 68.6 Å². The maximum atomic E-state index is 8.25. The molecule has 0 bridgehead atoms. The molecule has 2 aliphatic rings. The molecule has 8 aromatic heterocycles. The van der Waals surface area contributed by atoms with Crippen LogP contribution in [0, 0.1) is 155 Å². The Balaban J connectivity index is -0.000000230. The van der Waals surface area contributed by atoms with Gasteiger partial charge in [0.25, 0.3) is 0 Å². The van der Waals surface area contributed by atoms with E-state index in [1.807, 2.05) is 109 Å². The molecule has 93 heavy (non-hydrogen) atoms. The minimum absolute atomic E-state index is 0. The standard InChI is InChI=1S/2C26H26N6.2CH4O.4NO3.6O.3U/c2*1-25(2)14-15-26(3,4)23-22(25)30-24(32-31-23)21-13-8-12-20(29-21)19-11-7-10-18(28-19)17-9-5-6-16-27-17;2*1-2;4*2-1(3)4;;;;;;;;;/h2*5-13,16H,14-15H2,1-4H3;2*2H,1H3;;;;;;;;;;;;;/q;;;;4*-1;6*-2;;;. The van der Waals surface area contributed by atoms with E-state index in [4.69, 9.17) is 101 Å². The molecule has 10 rings (SSSR count). The van der Waals surface area contributed by atoms with E-state index in [1.54, 1.807) is 12.4 Å². The van der Waals surface area contributed by atoms with Gasteiger partial charge in [0.15, 0.2) is 0 Å². The number of hydrogen-bond donors (Lipinski definition) is 2. The fourth-order valence-electron chi connectivity index (χ4n) is 8.32. The van der Waals surface area contributed by atoms with E-state index in [0.29, 0.717) is 23.0 Å². The molecule has 0 aliphatic heterocycles. The van der Waals surface area contributed by atoms with Gasteiger partial charge in [-0.25, -0.2) is 29.9 Å². The van der Waals surface area contributed by atoms with Crippen LogP contribution in [0.15, 0.2) is 122 Å². The Hall–Kier alpha value is -7.44. The summed E-state index contributed by atoms with van der Waals surface area (Å²) in [6.07, 6.45) is 7.84. The minimum Gasteiger partial charge on any atom is -2.00 e. The molecule has 39 heteroatoms. The van der Waals surface area contributed by atoms with Crippen LogP contribution in [-0.4, -0.2) is 105 Å². The summed E-state index contributed by atoms with van der Waals surface area (Å²) < 4.78 is 0. The first-order valence-electron chi connectivity index (χ1n) is 25.0. The van der Waals surface area contributed by atoms with Gasteiger partial charge < -0.3 is 104 Å². The van der Waals surface area contributed by atoms with E-state index >= 15 is 0 Å². The Morgan fingerprint density at radius 3 is 0.720 bits per heavy atom. The summed E-state index contributed by atoms with van der Waals surface area (Å²) in [6.45, 7) is 17.8. The molecule has 0 aromatic carbocycles. The van der Waals surface area contributed by atoms with Gasteiger partial charge in [0.2, 0.25) is 11.6 Å². The molecule has 0 spiro atoms. The second kappa shape index (κ2) is 46.6. The molecule has 0 fully saturated rings. The third-order valence-electron chi connectivity index (χ3n) is 12.5. The van der Waals surface area contributed by atoms with Crippen LogP contribution >= 0.6 is 0 Å². The fourth-order valence-corrected chi connectivity index (χ4v) is 8.32. The fraction of sp³-hybridized carbons (Fsp3) is 0.333. The Kier molecular flexibility index (Phi) is 49.7. The number of aromatic nitrogens is 12. The number of nitrogens with zero attached hydrogens (tertiary/aromatic N) is 16. The quantitative estimate of drug-likeness (QED) is 0.116. The number of aliphatic hydroxyl groups is 2. The summed E-state index contributed by atoms with van der Waals surface area (Å²) in [6, 6.07) is 35.1. The van der Waals surface area contributed by atoms with Gasteiger partial charge in [-0.2, -0.15) is 10.2 Å². The number of aliphatic hydroxyl groups excluding tert-OH is 2. The van der Waals surface area contributed by atoms with Crippen molar-refractivity contribution in [3.05, 3.63) is 206 Å². The van der Waals surface area contributed by atoms with Gasteiger partial charge in [-0.15, -0.1) is 10.2 Å². The zero-order chi connectivity index (χ0) is 63.0. The smallest absolute Gasteiger partial charge is 0.200 e. The predicted molar refractivity (Wildman–Crippen MR) is 311 cm³/mol. The molecule has 0 amide bonds. The maximum absolute atomic E-state index is 8.25. The van der Waals surface area contributed by atoms with Crippen LogP contribution in [0.1, 0.15) is 104 Å². The summed E-state index contributed by atoms with van der Waals surface area (Å²) in [4.78, 5) is 71.0. The second-order valence-corrected chi connectivity index (χ2v) is 20.2. The van der Waals surface area contributed by atoms with Gasteiger partial charge in [0, 0.05) is 142 Å². The van der Waals surface area contributed by atoms with E-state index in [1.165, 1.54) is 0 Å². The van der Waals surface area contributed by atoms with Gasteiger partial charge >= 0.3 is 0 Å². The topological polar surface area (TPSA) is 631 Å². The van der Waals surface area contributed by atoms with Crippen molar-refractivity contribution in [1.82, 2.24) is 60.3 Å². The summed E-state index contributed by atoms with van der Waals surface area (Å²) in [5.41, 5.74) is 11.7. The van der Waals surface area contributed by atoms with Gasteiger partial charge in [-0.3, -0.25) is 9.97 Å². The van der Waals surface area contributed by atoms with Crippen LogP contribution in [0.5, 0.6) is 0 Å². The number of rotatable bonds is 6. The van der Waals surface area contributed by atoms with Crippen LogP contribution in [0.2, 0.25) is 0 Å². The zero-order valence-corrected chi connectivity index (χ0v) is 63.8. The summed E-state index contributed by atoms with van der Waals surface area (Å²) >= 11 is 0. The average molecular weight is 1970 g/mol. The van der Waals surface area contributed by atoms with Crippen molar-refractivity contribution in [1.29, 1.82) is 0 Å². The first-order chi connectivity index (χ1) is 39.6. The molecule has 2 aliphatic carbocycles. The molecule has 8 aromatic rings. The monoisotopic (exact) mass is 1970 g/mol. The average Bonchev–Trinajstić information content (AvgIpc) is 0.947. The van der Waals surface area contributed by atoms with Crippen LogP contribution < -0.4 is 0 Å². The minimum atomic E-state index is -1.75. The number of hydrogen-bond acceptors (Lipinski definition) is 26. The molecule has 2 N–H and O–H groups in total. The van der Waals surface area contributed by atoms with Crippen molar-refractivity contribution in [2.75, 3.05) is 14.2 Å². The summed E-state index contributed by atoms with van der Waals surface area (Å²) in [5.74, 6) is 1.11. The molecular formula is C54H60N16O20U3-16. The molecule has 0 unspecified atom stereocenters. The van der Waals surface area contributed by atoms with Gasteiger partial charge in [-0.05, 0) is 98.5 Å². The second-order valence-electron chi connectivity index (χ2n) is 20.2. The molecular weight excluding hydrogens is 1910 g/mol. The van der Waals surface area contributed by atoms with E-state index in [9.17, 15) is 0 Å². The van der Waals surface area contributed by atoms with E-state index in [-0.39, 0.29) is 148 Å². The van der Waals surface area contributed by atoms with Crippen molar-refractivity contribution in [2.24, 2.45) is 0 Å². The molecule has 8 heterocycles. The molecule has 0 atom stereocenters. The molecule has 0 radical (unpaired) electrons. The normalized spacial score (nSPS) is 12.4. The summed E-state index contributed by atoms with van der Waals surface area (Å²) in [5, 5.41) is 91.2. The van der Waals surface area contributed by atoms with Crippen molar-refractivity contribution in [3.63, 3.8) is 0 Å². The van der Waals surface area contributed by atoms with Crippen molar-refractivity contribution in [2.45, 2.75) is 103 Å². The SMILES string of the molecule is CC1(C)CCC(C)(C)c2nc(-c3cccc(-c4cccc(-c5ccccn5)n4)n3)nnc21.CC1(C)CCC(C)(C)c2nc(-c3cccc(-c4cccc(-c5ccccn5)n4)n3)nnc21.CO.CO.O=[N+]([O-])[O-].O=[N+]([O-])[O-].O=[N+]([O-])[O-].O=[N+]([O-])[O-].[O-2].[O-2].[O-2].[O-2].[O-2].[O-2].[U].[U].[U].